The maximum atomic E-state index is 13.2. The van der Waals surface area contributed by atoms with Crippen LogP contribution in [0.4, 0.5) is 24.8 Å². The molecule has 2 aromatic heterocycles. The molecule has 0 saturated carbocycles. The second kappa shape index (κ2) is 7.84. The summed E-state index contributed by atoms with van der Waals surface area (Å²) in [7, 11) is 0. The van der Waals surface area contributed by atoms with Gasteiger partial charge < -0.3 is 5.32 Å². The first-order valence-electron chi connectivity index (χ1n) is 8.92. The molecule has 0 radical (unpaired) electrons. The summed E-state index contributed by atoms with van der Waals surface area (Å²) in [5.41, 5.74) is 0.552. The predicted octanol–water partition coefficient (Wildman–Crippen LogP) is 4.69. The van der Waals surface area contributed by atoms with Gasteiger partial charge in [-0.15, -0.1) is 16.4 Å². The van der Waals surface area contributed by atoms with Gasteiger partial charge in [-0.05, 0) is 24.3 Å². The zero-order chi connectivity index (χ0) is 22.2. The van der Waals surface area contributed by atoms with Gasteiger partial charge in [-0.1, -0.05) is 24.3 Å². The van der Waals surface area contributed by atoms with Crippen molar-refractivity contribution in [3.63, 3.8) is 0 Å². The van der Waals surface area contributed by atoms with E-state index in [-0.39, 0.29) is 11.9 Å². The molecule has 4 rings (SSSR count). The van der Waals surface area contributed by atoms with Crippen molar-refractivity contribution < 1.29 is 22.8 Å². The molecule has 7 nitrogen and oxygen atoms in total. The Morgan fingerprint density at radius 2 is 1.74 bits per heavy atom. The summed E-state index contributed by atoms with van der Waals surface area (Å²) in [6, 6.07) is 11.5. The maximum Gasteiger partial charge on any atom is 0.417 e. The number of hydrogen-bond acceptors (Lipinski definition) is 5. The summed E-state index contributed by atoms with van der Waals surface area (Å²) < 4.78 is 41.0. The van der Waals surface area contributed by atoms with Crippen LogP contribution in [0, 0.1) is 0 Å². The van der Waals surface area contributed by atoms with E-state index < -0.39 is 23.2 Å². The van der Waals surface area contributed by atoms with Crippen molar-refractivity contribution in [1.82, 2.24) is 14.6 Å². The molecule has 0 saturated heterocycles. The quantitative estimate of drug-likeness (QED) is 0.477. The van der Waals surface area contributed by atoms with Crippen LogP contribution >= 0.6 is 11.3 Å². The highest BCUT2D eigenvalue weighted by Gasteiger charge is 2.35. The van der Waals surface area contributed by atoms with Crippen molar-refractivity contribution >= 4 is 39.7 Å². The molecular formula is C20H14F3N5O2S. The first-order valence-corrected chi connectivity index (χ1v) is 9.80. The van der Waals surface area contributed by atoms with E-state index in [0.29, 0.717) is 16.3 Å². The smallest absolute Gasteiger partial charge is 0.326 e. The summed E-state index contributed by atoms with van der Waals surface area (Å²) in [6.45, 7) is 1.41. The minimum absolute atomic E-state index is 0.107. The number of alkyl halides is 3. The summed E-state index contributed by atoms with van der Waals surface area (Å²) in [6.07, 6.45) is -4.66. The number of nitrogens with zero attached hydrogens (tertiary/aromatic N) is 3. The van der Waals surface area contributed by atoms with E-state index in [1.807, 2.05) is 5.38 Å². The number of carbonyl (C=O) groups is 2. The van der Waals surface area contributed by atoms with E-state index in [1.165, 1.54) is 34.9 Å². The Hall–Kier alpha value is -3.73. The molecule has 158 valence electrons. The standard InChI is InChI=1S/C20H14F3N5O2S/c1-11(29)24-13-8-6-12(7-9-13)16-10-31-19-26-18(27-28(16)19)25-17(30)14-4-2-3-5-15(14)20(21,22)23/h2-10H,1H3,(H,24,29)(H,25,27,30). The third-order valence-corrected chi connectivity index (χ3v) is 5.10. The lowest BCUT2D eigenvalue weighted by Crippen LogP contribution is -2.19. The van der Waals surface area contributed by atoms with Crippen LogP contribution in [-0.2, 0) is 11.0 Å². The SMILES string of the molecule is CC(=O)Nc1ccc(-c2csc3nc(NC(=O)c4ccccc4C(F)(F)F)nn23)cc1. The van der Waals surface area contributed by atoms with E-state index in [4.69, 9.17) is 0 Å². The summed E-state index contributed by atoms with van der Waals surface area (Å²) in [5.74, 6) is -1.24. The number of benzene rings is 2. The third-order valence-electron chi connectivity index (χ3n) is 4.29. The zero-order valence-corrected chi connectivity index (χ0v) is 16.7. The molecule has 0 unspecified atom stereocenters. The molecule has 0 aliphatic heterocycles. The van der Waals surface area contributed by atoms with E-state index >= 15 is 0 Å². The van der Waals surface area contributed by atoms with E-state index in [0.717, 1.165) is 17.7 Å². The van der Waals surface area contributed by atoms with E-state index in [9.17, 15) is 22.8 Å². The molecule has 0 aliphatic carbocycles. The van der Waals surface area contributed by atoms with Crippen LogP contribution < -0.4 is 10.6 Å². The number of hydrogen-bond donors (Lipinski definition) is 2. The van der Waals surface area contributed by atoms with Gasteiger partial charge in [0.25, 0.3) is 11.9 Å². The minimum atomic E-state index is -4.66. The van der Waals surface area contributed by atoms with Gasteiger partial charge in [-0.25, -0.2) is 4.52 Å². The minimum Gasteiger partial charge on any atom is -0.326 e. The number of halogens is 3. The molecule has 2 aromatic carbocycles. The van der Waals surface area contributed by atoms with Gasteiger partial charge >= 0.3 is 6.18 Å². The van der Waals surface area contributed by atoms with Crippen molar-refractivity contribution in [3.05, 3.63) is 65.0 Å². The molecule has 0 aliphatic rings. The average molecular weight is 445 g/mol. The van der Waals surface area contributed by atoms with Crippen LogP contribution in [0.25, 0.3) is 16.2 Å². The first-order chi connectivity index (χ1) is 14.7. The molecule has 0 spiro atoms. The lowest BCUT2D eigenvalue weighted by Gasteiger charge is -2.11. The molecule has 4 aromatic rings. The molecule has 2 N–H and O–H groups in total. The Bertz CT molecular complexity index is 1280. The van der Waals surface area contributed by atoms with Gasteiger partial charge in [0.1, 0.15) is 0 Å². The van der Waals surface area contributed by atoms with Crippen LogP contribution in [0.2, 0.25) is 0 Å². The fourth-order valence-electron chi connectivity index (χ4n) is 2.96. The molecular weight excluding hydrogens is 431 g/mol. The Labute approximate surface area is 177 Å². The largest absolute Gasteiger partial charge is 0.417 e. The van der Waals surface area contributed by atoms with Crippen molar-refractivity contribution in [2.24, 2.45) is 0 Å². The highest BCUT2D eigenvalue weighted by molar-refractivity contribution is 7.15. The Morgan fingerprint density at radius 1 is 1.03 bits per heavy atom. The summed E-state index contributed by atoms with van der Waals surface area (Å²) in [5, 5.41) is 11.0. The second-order valence-electron chi connectivity index (χ2n) is 6.51. The molecule has 0 bridgehead atoms. The van der Waals surface area contributed by atoms with Gasteiger partial charge in [0.15, 0.2) is 0 Å². The van der Waals surface area contributed by atoms with Gasteiger partial charge in [0, 0.05) is 23.6 Å². The molecule has 2 amide bonds. The first kappa shape index (κ1) is 20.5. The van der Waals surface area contributed by atoms with Gasteiger partial charge in [0.05, 0.1) is 16.8 Å². The summed E-state index contributed by atoms with van der Waals surface area (Å²) in [4.78, 5) is 28.2. The molecule has 31 heavy (non-hydrogen) atoms. The van der Waals surface area contributed by atoms with Crippen LogP contribution in [0.15, 0.2) is 53.9 Å². The number of thiazole rings is 1. The number of aromatic nitrogens is 3. The van der Waals surface area contributed by atoms with Gasteiger partial charge in [-0.2, -0.15) is 18.2 Å². The Morgan fingerprint density at radius 3 is 2.42 bits per heavy atom. The number of amides is 2. The number of nitrogens with one attached hydrogen (secondary N) is 2. The highest BCUT2D eigenvalue weighted by Crippen LogP contribution is 2.32. The maximum absolute atomic E-state index is 13.2. The lowest BCUT2D eigenvalue weighted by atomic mass is 10.1. The normalized spacial score (nSPS) is 11.5. The monoisotopic (exact) mass is 445 g/mol. The molecule has 2 heterocycles. The van der Waals surface area contributed by atoms with Crippen molar-refractivity contribution in [2.75, 3.05) is 10.6 Å². The van der Waals surface area contributed by atoms with E-state index in [2.05, 4.69) is 20.7 Å². The van der Waals surface area contributed by atoms with Crippen molar-refractivity contribution in [3.8, 4) is 11.3 Å². The number of rotatable bonds is 4. The fraction of sp³-hybridized carbons (Fsp3) is 0.100. The van der Waals surface area contributed by atoms with Crippen LogP contribution in [0.3, 0.4) is 0 Å². The second-order valence-corrected chi connectivity index (χ2v) is 7.34. The predicted molar refractivity (Wildman–Crippen MR) is 110 cm³/mol. The van der Waals surface area contributed by atoms with Gasteiger partial charge in [0.2, 0.25) is 10.9 Å². The molecule has 11 heteroatoms. The van der Waals surface area contributed by atoms with Crippen LogP contribution in [0.1, 0.15) is 22.8 Å². The van der Waals surface area contributed by atoms with Crippen molar-refractivity contribution in [2.45, 2.75) is 13.1 Å². The Kier molecular flexibility index (Phi) is 5.19. The highest BCUT2D eigenvalue weighted by atomic mass is 32.1. The average Bonchev–Trinajstić information content (AvgIpc) is 3.28. The zero-order valence-electron chi connectivity index (χ0n) is 15.9. The number of anilines is 2. The third kappa shape index (κ3) is 4.26. The van der Waals surface area contributed by atoms with Crippen LogP contribution in [0.5, 0.6) is 0 Å². The van der Waals surface area contributed by atoms with Gasteiger partial charge in [-0.3, -0.25) is 14.9 Å². The topological polar surface area (TPSA) is 88.4 Å². The molecule has 0 atom stereocenters. The number of carbonyl (C=O) groups excluding carboxylic acids is 2. The Balaban J connectivity index is 1.60. The fourth-order valence-corrected chi connectivity index (χ4v) is 3.79. The molecule has 0 fully saturated rings. The lowest BCUT2D eigenvalue weighted by molar-refractivity contribution is -0.137. The van der Waals surface area contributed by atoms with Crippen molar-refractivity contribution in [1.29, 1.82) is 0 Å². The van der Waals surface area contributed by atoms with E-state index in [1.54, 1.807) is 24.3 Å². The summed E-state index contributed by atoms with van der Waals surface area (Å²) >= 11 is 1.26. The number of fused-ring (bicyclic) bond motifs is 1. The van der Waals surface area contributed by atoms with Crippen LogP contribution in [-0.4, -0.2) is 26.4 Å².